The van der Waals surface area contributed by atoms with Gasteiger partial charge in [0.15, 0.2) is 5.76 Å². The molecule has 2 aromatic rings. The van der Waals surface area contributed by atoms with Crippen LogP contribution in [0.2, 0.25) is 5.02 Å². The van der Waals surface area contributed by atoms with Crippen molar-refractivity contribution >= 4 is 23.1 Å². The summed E-state index contributed by atoms with van der Waals surface area (Å²) in [6, 6.07) is 8.42. The number of benzene rings is 1. The van der Waals surface area contributed by atoms with E-state index >= 15 is 0 Å². The van der Waals surface area contributed by atoms with E-state index in [1.165, 1.54) is 0 Å². The highest BCUT2D eigenvalue weighted by Gasteiger charge is 2.17. The molecule has 0 atom stereocenters. The zero-order valence-corrected chi connectivity index (χ0v) is 10.1. The van der Waals surface area contributed by atoms with Gasteiger partial charge in [0.2, 0.25) is 5.78 Å². The summed E-state index contributed by atoms with van der Waals surface area (Å²) in [5, 5.41) is 0.270. The minimum Gasteiger partial charge on any atom is -0.458 e. The lowest BCUT2D eigenvalue weighted by Gasteiger charge is -2.03. The van der Waals surface area contributed by atoms with Crippen molar-refractivity contribution in [2.24, 2.45) is 0 Å². The lowest BCUT2D eigenvalue weighted by molar-refractivity contribution is 0.101. The minimum atomic E-state index is -0.248. The predicted molar refractivity (Wildman–Crippen MR) is 67.4 cm³/mol. The summed E-state index contributed by atoms with van der Waals surface area (Å²) in [6.45, 7) is 1.96. The van der Waals surface area contributed by atoms with Gasteiger partial charge in [-0.05, 0) is 24.3 Å². The van der Waals surface area contributed by atoms with Gasteiger partial charge < -0.3 is 10.2 Å². The molecule has 0 aliphatic heterocycles. The summed E-state index contributed by atoms with van der Waals surface area (Å²) in [7, 11) is 0. The highest BCUT2D eigenvalue weighted by molar-refractivity contribution is 6.37. The number of rotatable bonds is 3. The van der Waals surface area contributed by atoms with Gasteiger partial charge in [0, 0.05) is 12.0 Å². The molecule has 1 aromatic heterocycles. The Morgan fingerprint density at radius 1 is 1.35 bits per heavy atom. The number of ketones is 1. The van der Waals surface area contributed by atoms with E-state index in [-0.39, 0.29) is 16.6 Å². The van der Waals surface area contributed by atoms with Crippen LogP contribution in [0.15, 0.2) is 34.7 Å². The first-order valence-electron chi connectivity index (χ1n) is 5.31. The summed E-state index contributed by atoms with van der Waals surface area (Å²) in [5.74, 6) is 0.810. The van der Waals surface area contributed by atoms with Crippen molar-refractivity contribution < 1.29 is 9.21 Å². The molecule has 0 amide bonds. The van der Waals surface area contributed by atoms with Crippen LogP contribution in [-0.2, 0) is 6.42 Å². The molecule has 0 saturated carbocycles. The number of furan rings is 1. The zero-order chi connectivity index (χ0) is 12.4. The quantitative estimate of drug-likeness (QED) is 0.671. The van der Waals surface area contributed by atoms with Gasteiger partial charge in [-0.25, -0.2) is 0 Å². The molecule has 0 fully saturated rings. The second-order valence-corrected chi connectivity index (χ2v) is 4.04. The third kappa shape index (κ3) is 2.19. The minimum absolute atomic E-state index is 0.248. The molecule has 0 spiro atoms. The van der Waals surface area contributed by atoms with Gasteiger partial charge >= 0.3 is 0 Å². The summed E-state index contributed by atoms with van der Waals surface area (Å²) in [6.07, 6.45) is 0.748. The molecule has 17 heavy (non-hydrogen) atoms. The second-order valence-electron chi connectivity index (χ2n) is 3.66. The van der Waals surface area contributed by atoms with Gasteiger partial charge in [-0.2, -0.15) is 0 Å². The number of nitrogen functional groups attached to an aromatic ring is 1. The van der Waals surface area contributed by atoms with Gasteiger partial charge in [-0.15, -0.1) is 0 Å². The van der Waals surface area contributed by atoms with Crippen LogP contribution in [0, 0.1) is 0 Å². The van der Waals surface area contributed by atoms with Crippen LogP contribution < -0.4 is 5.73 Å². The normalized spacial score (nSPS) is 10.5. The van der Waals surface area contributed by atoms with Gasteiger partial charge in [0.25, 0.3) is 0 Å². The smallest absolute Gasteiger partial charge is 0.229 e. The number of carbonyl (C=O) groups is 1. The van der Waals surface area contributed by atoms with E-state index < -0.39 is 0 Å². The molecule has 88 valence electrons. The van der Waals surface area contributed by atoms with Crippen LogP contribution >= 0.6 is 11.6 Å². The second kappa shape index (κ2) is 4.63. The van der Waals surface area contributed by atoms with E-state index in [2.05, 4.69) is 0 Å². The average molecular weight is 250 g/mol. The van der Waals surface area contributed by atoms with Crippen LogP contribution in [0.3, 0.4) is 0 Å². The Morgan fingerprint density at radius 2 is 2.12 bits per heavy atom. The first kappa shape index (κ1) is 11.7. The molecule has 1 aromatic carbocycles. The molecule has 2 N–H and O–H groups in total. The average Bonchev–Trinajstić information content (AvgIpc) is 2.80. The number of halogens is 1. The van der Waals surface area contributed by atoms with E-state index in [1.807, 2.05) is 6.92 Å². The summed E-state index contributed by atoms with van der Waals surface area (Å²) >= 11 is 5.99. The van der Waals surface area contributed by atoms with E-state index in [9.17, 15) is 4.79 Å². The molecule has 0 radical (unpaired) electrons. The first-order chi connectivity index (χ1) is 8.13. The first-order valence-corrected chi connectivity index (χ1v) is 5.68. The van der Waals surface area contributed by atoms with Gasteiger partial charge in [-0.1, -0.05) is 24.6 Å². The number of hydrogen-bond acceptors (Lipinski definition) is 3. The van der Waals surface area contributed by atoms with Crippen LogP contribution in [0.25, 0.3) is 0 Å². The summed E-state index contributed by atoms with van der Waals surface area (Å²) in [5.41, 5.74) is 6.41. The maximum absolute atomic E-state index is 12.1. The molecule has 2 rings (SSSR count). The van der Waals surface area contributed by atoms with Crippen LogP contribution in [0.4, 0.5) is 5.69 Å². The fourth-order valence-electron chi connectivity index (χ4n) is 1.55. The molecule has 0 aliphatic rings. The fraction of sp³-hybridized carbons (Fsp3) is 0.154. The molecular formula is C13H12ClNO2. The Balaban J connectivity index is 2.40. The maximum atomic E-state index is 12.1. The van der Waals surface area contributed by atoms with E-state index in [4.69, 9.17) is 21.8 Å². The lowest BCUT2D eigenvalue weighted by atomic mass is 10.1. The number of aryl methyl sites for hydroxylation is 1. The van der Waals surface area contributed by atoms with Crippen molar-refractivity contribution in [3.8, 4) is 0 Å². The third-order valence-electron chi connectivity index (χ3n) is 2.51. The molecule has 1 heterocycles. The third-order valence-corrected chi connectivity index (χ3v) is 2.93. The Kier molecular flexibility index (Phi) is 3.20. The van der Waals surface area contributed by atoms with Crippen LogP contribution in [-0.4, -0.2) is 5.78 Å². The SMILES string of the molecule is CCc1ccc(C(=O)c2cccc(N)c2Cl)o1. The number of nitrogens with two attached hydrogens (primary N) is 1. The molecule has 0 aliphatic carbocycles. The van der Waals surface area contributed by atoms with Gasteiger partial charge in [0.05, 0.1) is 10.7 Å². The fourth-order valence-corrected chi connectivity index (χ4v) is 1.76. The number of carbonyl (C=O) groups excluding carboxylic acids is 1. The molecule has 0 saturated heterocycles. The highest BCUT2D eigenvalue weighted by atomic mass is 35.5. The van der Waals surface area contributed by atoms with E-state index in [0.717, 1.165) is 12.2 Å². The molecule has 0 unspecified atom stereocenters. The van der Waals surface area contributed by atoms with Crippen molar-refractivity contribution in [3.63, 3.8) is 0 Å². The molecule has 0 bridgehead atoms. The van der Waals surface area contributed by atoms with E-state index in [0.29, 0.717) is 11.3 Å². The molecular weight excluding hydrogens is 238 g/mol. The largest absolute Gasteiger partial charge is 0.458 e. The Labute approximate surface area is 104 Å². The van der Waals surface area contributed by atoms with Crippen molar-refractivity contribution in [1.29, 1.82) is 0 Å². The van der Waals surface area contributed by atoms with Crippen molar-refractivity contribution in [2.75, 3.05) is 5.73 Å². The Hall–Kier alpha value is -1.74. The number of hydrogen-bond donors (Lipinski definition) is 1. The zero-order valence-electron chi connectivity index (χ0n) is 9.37. The molecule has 4 heteroatoms. The van der Waals surface area contributed by atoms with Gasteiger partial charge in [0.1, 0.15) is 5.76 Å². The van der Waals surface area contributed by atoms with Gasteiger partial charge in [-0.3, -0.25) is 4.79 Å². The Bertz CT molecular complexity index is 560. The lowest BCUT2D eigenvalue weighted by Crippen LogP contribution is -2.02. The topological polar surface area (TPSA) is 56.2 Å². The monoisotopic (exact) mass is 249 g/mol. The van der Waals surface area contributed by atoms with Crippen LogP contribution in [0.5, 0.6) is 0 Å². The van der Waals surface area contributed by atoms with E-state index in [1.54, 1.807) is 30.3 Å². The Morgan fingerprint density at radius 3 is 2.76 bits per heavy atom. The maximum Gasteiger partial charge on any atom is 0.229 e. The molecule has 3 nitrogen and oxygen atoms in total. The number of anilines is 1. The summed E-state index contributed by atoms with van der Waals surface area (Å²) in [4.78, 5) is 12.1. The highest BCUT2D eigenvalue weighted by Crippen LogP contribution is 2.25. The predicted octanol–water partition coefficient (Wildman–Crippen LogP) is 3.31. The van der Waals surface area contributed by atoms with Crippen molar-refractivity contribution in [3.05, 3.63) is 52.4 Å². The van der Waals surface area contributed by atoms with Crippen molar-refractivity contribution in [1.82, 2.24) is 0 Å². The van der Waals surface area contributed by atoms with Crippen LogP contribution in [0.1, 0.15) is 28.8 Å². The summed E-state index contributed by atoms with van der Waals surface area (Å²) < 4.78 is 5.39. The van der Waals surface area contributed by atoms with Crippen molar-refractivity contribution in [2.45, 2.75) is 13.3 Å². The standard InChI is InChI=1S/C13H12ClNO2/c1-2-8-6-7-11(17-8)13(16)9-4-3-5-10(15)12(9)14/h3-7H,2,15H2,1H3.